The van der Waals surface area contributed by atoms with Crippen LogP contribution in [0.3, 0.4) is 0 Å². The fourth-order valence-corrected chi connectivity index (χ4v) is 2.39. The molecule has 0 bridgehead atoms. The van der Waals surface area contributed by atoms with Crippen LogP contribution < -0.4 is 0 Å². The molecule has 2 rings (SSSR count). The predicted octanol–water partition coefficient (Wildman–Crippen LogP) is 3.16. The molecule has 14 heavy (non-hydrogen) atoms. The number of hydrogen-bond donors (Lipinski definition) is 2. The van der Waals surface area contributed by atoms with Crippen LogP contribution in [0.1, 0.15) is 0 Å². The SMILES string of the molecule is O=S(O)c1c[nH]c2c(Br)c(Cl)ccc12. The van der Waals surface area contributed by atoms with Crippen molar-refractivity contribution in [2.24, 2.45) is 0 Å². The average molecular weight is 295 g/mol. The second-order valence-corrected chi connectivity index (χ2v) is 4.82. The Morgan fingerprint density at radius 2 is 2.21 bits per heavy atom. The summed E-state index contributed by atoms with van der Waals surface area (Å²) in [5.41, 5.74) is 0.731. The molecular weight excluding hydrogens is 290 g/mol. The highest BCUT2D eigenvalue weighted by molar-refractivity contribution is 9.10. The minimum atomic E-state index is -1.98. The lowest BCUT2D eigenvalue weighted by Crippen LogP contribution is -1.84. The first-order chi connectivity index (χ1) is 6.61. The second-order valence-electron chi connectivity index (χ2n) is 2.69. The first-order valence-corrected chi connectivity index (χ1v) is 5.95. The highest BCUT2D eigenvalue weighted by Gasteiger charge is 2.11. The van der Waals surface area contributed by atoms with Crippen molar-refractivity contribution >= 4 is 49.5 Å². The molecule has 0 saturated carbocycles. The van der Waals surface area contributed by atoms with Crippen LogP contribution in [0.15, 0.2) is 27.7 Å². The summed E-state index contributed by atoms with van der Waals surface area (Å²) in [6.07, 6.45) is 1.50. The molecule has 0 fully saturated rings. The van der Waals surface area contributed by atoms with E-state index in [1.165, 1.54) is 6.20 Å². The fraction of sp³-hybridized carbons (Fsp3) is 0. The van der Waals surface area contributed by atoms with Crippen molar-refractivity contribution in [3.05, 3.63) is 27.8 Å². The van der Waals surface area contributed by atoms with Gasteiger partial charge in [-0.3, -0.25) is 0 Å². The second kappa shape index (κ2) is 3.66. The van der Waals surface area contributed by atoms with Crippen molar-refractivity contribution in [1.82, 2.24) is 4.98 Å². The van der Waals surface area contributed by atoms with Crippen molar-refractivity contribution < 1.29 is 8.76 Å². The van der Waals surface area contributed by atoms with Gasteiger partial charge in [-0.05, 0) is 28.1 Å². The maximum Gasteiger partial charge on any atom is 0.188 e. The van der Waals surface area contributed by atoms with Crippen LogP contribution >= 0.6 is 27.5 Å². The van der Waals surface area contributed by atoms with Crippen LogP contribution in [-0.4, -0.2) is 13.7 Å². The number of fused-ring (bicyclic) bond motifs is 1. The van der Waals surface area contributed by atoms with Gasteiger partial charge in [0.25, 0.3) is 0 Å². The van der Waals surface area contributed by atoms with Crippen molar-refractivity contribution in [3.63, 3.8) is 0 Å². The minimum absolute atomic E-state index is 0.359. The van der Waals surface area contributed by atoms with Crippen LogP contribution in [0.25, 0.3) is 10.9 Å². The van der Waals surface area contributed by atoms with Gasteiger partial charge in [0.05, 0.1) is 19.9 Å². The zero-order valence-electron chi connectivity index (χ0n) is 6.75. The molecule has 1 heterocycles. The van der Waals surface area contributed by atoms with Gasteiger partial charge in [0.1, 0.15) is 0 Å². The van der Waals surface area contributed by atoms with Gasteiger partial charge in [0, 0.05) is 11.6 Å². The highest BCUT2D eigenvalue weighted by Crippen LogP contribution is 2.32. The molecule has 0 radical (unpaired) electrons. The Hall–Kier alpha value is -0.360. The summed E-state index contributed by atoms with van der Waals surface area (Å²) >= 11 is 7.19. The third-order valence-corrected chi connectivity index (χ3v) is 3.98. The molecule has 1 aromatic heterocycles. The maximum atomic E-state index is 10.9. The van der Waals surface area contributed by atoms with E-state index in [9.17, 15) is 4.21 Å². The lowest BCUT2D eigenvalue weighted by Gasteiger charge is -1.97. The Balaban J connectivity index is 2.83. The lowest BCUT2D eigenvalue weighted by molar-refractivity contribution is 0.565. The summed E-state index contributed by atoms with van der Waals surface area (Å²) in [4.78, 5) is 3.25. The van der Waals surface area contributed by atoms with Crippen molar-refractivity contribution in [3.8, 4) is 0 Å². The van der Waals surface area contributed by atoms with Crippen molar-refractivity contribution in [2.45, 2.75) is 4.90 Å². The Kier molecular flexibility index (Phi) is 2.66. The van der Waals surface area contributed by atoms with E-state index in [1.807, 2.05) is 0 Å². The predicted molar refractivity (Wildman–Crippen MR) is 60.0 cm³/mol. The van der Waals surface area contributed by atoms with E-state index in [0.717, 1.165) is 5.52 Å². The first-order valence-electron chi connectivity index (χ1n) is 3.67. The molecule has 0 aliphatic carbocycles. The van der Waals surface area contributed by atoms with Crippen LogP contribution in [0, 0.1) is 0 Å². The molecule has 1 atom stereocenters. The number of H-pyrrole nitrogens is 1. The van der Waals surface area contributed by atoms with E-state index in [2.05, 4.69) is 20.9 Å². The smallest absolute Gasteiger partial charge is 0.188 e. The number of rotatable bonds is 1. The van der Waals surface area contributed by atoms with Gasteiger partial charge in [0.15, 0.2) is 11.1 Å². The van der Waals surface area contributed by atoms with E-state index < -0.39 is 11.1 Å². The Morgan fingerprint density at radius 3 is 2.86 bits per heavy atom. The molecule has 0 aliphatic heterocycles. The Morgan fingerprint density at radius 1 is 1.50 bits per heavy atom. The molecule has 2 N–H and O–H groups in total. The summed E-state index contributed by atoms with van der Waals surface area (Å²) in [6.45, 7) is 0. The number of halogens is 2. The van der Waals surface area contributed by atoms with Gasteiger partial charge in [-0.25, -0.2) is 4.21 Å². The quantitative estimate of drug-likeness (QED) is 0.794. The van der Waals surface area contributed by atoms with E-state index in [1.54, 1.807) is 12.1 Å². The molecular formula is C8H5BrClNO2S. The van der Waals surface area contributed by atoms with Crippen molar-refractivity contribution in [1.29, 1.82) is 0 Å². The van der Waals surface area contributed by atoms with Gasteiger partial charge in [0.2, 0.25) is 0 Å². The summed E-state index contributed by atoms with van der Waals surface area (Å²) in [5, 5.41) is 1.26. The number of benzene rings is 1. The largest absolute Gasteiger partial charge is 0.359 e. The highest BCUT2D eigenvalue weighted by atomic mass is 79.9. The number of aromatic amines is 1. The molecule has 0 saturated heterocycles. The average Bonchev–Trinajstić information content (AvgIpc) is 2.55. The van der Waals surface area contributed by atoms with E-state index in [-0.39, 0.29) is 0 Å². The number of nitrogens with one attached hydrogen (secondary N) is 1. The summed E-state index contributed by atoms with van der Waals surface area (Å²) < 4.78 is 20.6. The topological polar surface area (TPSA) is 53.1 Å². The summed E-state index contributed by atoms with van der Waals surface area (Å²) in [7, 11) is 0. The third kappa shape index (κ3) is 1.50. The van der Waals surface area contributed by atoms with E-state index in [4.69, 9.17) is 16.2 Å². The molecule has 3 nitrogen and oxygen atoms in total. The zero-order chi connectivity index (χ0) is 10.3. The zero-order valence-corrected chi connectivity index (χ0v) is 9.91. The fourth-order valence-electron chi connectivity index (χ4n) is 1.26. The molecule has 74 valence electrons. The minimum Gasteiger partial charge on any atom is -0.359 e. The number of aromatic nitrogens is 1. The van der Waals surface area contributed by atoms with E-state index in [0.29, 0.717) is 19.8 Å². The van der Waals surface area contributed by atoms with E-state index >= 15 is 0 Å². The van der Waals surface area contributed by atoms with Crippen LogP contribution in [0.2, 0.25) is 5.02 Å². The van der Waals surface area contributed by atoms with Gasteiger partial charge in [-0.2, -0.15) is 0 Å². The number of hydrogen-bond acceptors (Lipinski definition) is 1. The van der Waals surface area contributed by atoms with Gasteiger partial charge >= 0.3 is 0 Å². The third-order valence-electron chi connectivity index (χ3n) is 1.90. The summed E-state index contributed by atoms with van der Waals surface area (Å²) in [6, 6.07) is 3.39. The maximum absolute atomic E-state index is 10.9. The van der Waals surface area contributed by atoms with Crippen molar-refractivity contribution in [2.75, 3.05) is 0 Å². The molecule has 0 aliphatic rings. The van der Waals surface area contributed by atoms with Gasteiger partial charge in [-0.1, -0.05) is 11.6 Å². The molecule has 2 aromatic rings. The molecule has 0 amide bonds. The standard InChI is InChI=1S/C8H5BrClNO2S/c9-7-5(10)2-1-4-6(14(12)13)3-11-8(4)7/h1-3,11H,(H,12,13). The van der Waals surface area contributed by atoms with Crippen LogP contribution in [0.5, 0.6) is 0 Å². The van der Waals surface area contributed by atoms with Crippen LogP contribution in [-0.2, 0) is 11.1 Å². The summed E-state index contributed by atoms with van der Waals surface area (Å²) in [5.74, 6) is 0. The molecule has 1 unspecified atom stereocenters. The van der Waals surface area contributed by atoms with Crippen LogP contribution in [0.4, 0.5) is 0 Å². The van der Waals surface area contributed by atoms with Gasteiger partial charge < -0.3 is 9.54 Å². The molecule has 6 heteroatoms. The Bertz CT molecular complexity index is 525. The normalized spacial score (nSPS) is 13.4. The molecule has 0 spiro atoms. The first kappa shape index (κ1) is 10.2. The molecule has 1 aromatic carbocycles. The monoisotopic (exact) mass is 293 g/mol. The van der Waals surface area contributed by atoms with Gasteiger partial charge in [-0.15, -0.1) is 0 Å². The Labute approximate surface area is 95.9 Å². The lowest BCUT2D eigenvalue weighted by atomic mass is 10.2.